The molecule has 6 nitrogen and oxygen atoms in total. The number of urea groups is 1. The number of hydrogen-bond donors (Lipinski definition) is 2. The number of ether oxygens (including phenoxy) is 2. The van der Waals surface area contributed by atoms with Gasteiger partial charge in [-0.2, -0.15) is 0 Å². The SMILES string of the molecule is COc1ccc([C@@H](C)NC(=O)NCCc2csc(C)n2)cc1OC. The summed E-state index contributed by atoms with van der Waals surface area (Å²) in [6.07, 6.45) is 0.725. The number of benzene rings is 1. The summed E-state index contributed by atoms with van der Waals surface area (Å²) in [4.78, 5) is 16.4. The van der Waals surface area contributed by atoms with Gasteiger partial charge in [0, 0.05) is 18.3 Å². The van der Waals surface area contributed by atoms with E-state index in [0.29, 0.717) is 18.0 Å². The lowest BCUT2D eigenvalue weighted by Crippen LogP contribution is -2.38. The van der Waals surface area contributed by atoms with Crippen LogP contribution in [0.4, 0.5) is 4.79 Å². The van der Waals surface area contributed by atoms with Crippen molar-refractivity contribution < 1.29 is 14.3 Å². The van der Waals surface area contributed by atoms with Crippen LogP contribution in [0.1, 0.15) is 29.2 Å². The molecule has 1 atom stereocenters. The molecule has 0 aliphatic carbocycles. The number of nitrogens with one attached hydrogen (secondary N) is 2. The van der Waals surface area contributed by atoms with Crippen LogP contribution in [0.15, 0.2) is 23.6 Å². The van der Waals surface area contributed by atoms with Crippen molar-refractivity contribution in [1.29, 1.82) is 0 Å². The number of hydrogen-bond acceptors (Lipinski definition) is 5. The van der Waals surface area contributed by atoms with Crippen LogP contribution in [0.25, 0.3) is 0 Å². The second-order valence-electron chi connectivity index (χ2n) is 5.34. The maximum atomic E-state index is 12.0. The van der Waals surface area contributed by atoms with E-state index in [1.807, 2.05) is 37.4 Å². The van der Waals surface area contributed by atoms with Crippen molar-refractivity contribution in [2.75, 3.05) is 20.8 Å². The number of nitrogens with zero attached hydrogens (tertiary/aromatic N) is 1. The second-order valence-corrected chi connectivity index (χ2v) is 6.41. The van der Waals surface area contributed by atoms with Gasteiger partial charge in [0.25, 0.3) is 0 Å². The summed E-state index contributed by atoms with van der Waals surface area (Å²) in [5.41, 5.74) is 1.95. The molecule has 0 saturated heterocycles. The number of aromatic nitrogens is 1. The van der Waals surface area contributed by atoms with Crippen LogP contribution in [0.5, 0.6) is 11.5 Å². The Morgan fingerprint density at radius 1 is 1.29 bits per heavy atom. The van der Waals surface area contributed by atoms with Gasteiger partial charge in [-0.1, -0.05) is 6.07 Å². The summed E-state index contributed by atoms with van der Waals surface area (Å²) in [7, 11) is 3.18. The van der Waals surface area contributed by atoms with E-state index in [-0.39, 0.29) is 12.1 Å². The minimum Gasteiger partial charge on any atom is -0.493 e. The first-order chi connectivity index (χ1) is 11.5. The standard InChI is InChI=1S/C17H23N3O3S/c1-11(13-5-6-15(22-3)16(9-13)23-4)19-17(21)18-8-7-14-10-24-12(2)20-14/h5-6,9-11H,7-8H2,1-4H3,(H2,18,19,21)/t11-/m1/s1. The normalized spacial score (nSPS) is 11.7. The van der Waals surface area contributed by atoms with E-state index < -0.39 is 0 Å². The largest absolute Gasteiger partial charge is 0.493 e. The Morgan fingerprint density at radius 2 is 2.04 bits per heavy atom. The lowest BCUT2D eigenvalue weighted by Gasteiger charge is -2.17. The smallest absolute Gasteiger partial charge is 0.315 e. The van der Waals surface area contributed by atoms with Gasteiger partial charge in [0.05, 0.1) is 31.0 Å². The fraction of sp³-hybridized carbons (Fsp3) is 0.412. The summed E-state index contributed by atoms with van der Waals surface area (Å²) in [5, 5.41) is 8.82. The first-order valence-corrected chi connectivity index (χ1v) is 8.58. The van der Waals surface area contributed by atoms with Gasteiger partial charge in [0.1, 0.15) is 0 Å². The minimum absolute atomic E-state index is 0.147. The third-order valence-electron chi connectivity index (χ3n) is 3.59. The van der Waals surface area contributed by atoms with Crippen LogP contribution >= 0.6 is 11.3 Å². The highest BCUT2D eigenvalue weighted by Gasteiger charge is 2.12. The summed E-state index contributed by atoms with van der Waals surface area (Å²) < 4.78 is 10.5. The van der Waals surface area contributed by atoms with Crippen LogP contribution in [0, 0.1) is 6.92 Å². The molecular weight excluding hydrogens is 326 g/mol. The fourth-order valence-corrected chi connectivity index (χ4v) is 2.93. The lowest BCUT2D eigenvalue weighted by molar-refractivity contribution is 0.238. The van der Waals surface area contributed by atoms with Crippen LogP contribution in [0.3, 0.4) is 0 Å². The summed E-state index contributed by atoms with van der Waals surface area (Å²) >= 11 is 1.62. The number of amides is 2. The molecule has 24 heavy (non-hydrogen) atoms. The molecule has 0 aliphatic heterocycles. The van der Waals surface area contributed by atoms with E-state index in [1.54, 1.807) is 25.6 Å². The molecule has 1 aromatic heterocycles. The molecule has 0 bridgehead atoms. The average molecular weight is 349 g/mol. The highest BCUT2D eigenvalue weighted by molar-refractivity contribution is 7.09. The van der Waals surface area contributed by atoms with Gasteiger partial charge < -0.3 is 20.1 Å². The summed E-state index contributed by atoms with van der Waals surface area (Å²) in [6.45, 7) is 4.44. The molecule has 0 fully saturated rings. The van der Waals surface area contributed by atoms with E-state index >= 15 is 0 Å². The van der Waals surface area contributed by atoms with Crippen LogP contribution < -0.4 is 20.1 Å². The molecule has 0 radical (unpaired) electrons. The average Bonchev–Trinajstić information content (AvgIpc) is 2.99. The van der Waals surface area contributed by atoms with Crippen molar-refractivity contribution in [1.82, 2.24) is 15.6 Å². The molecule has 130 valence electrons. The Morgan fingerprint density at radius 3 is 2.67 bits per heavy atom. The van der Waals surface area contributed by atoms with Crippen molar-refractivity contribution in [3.8, 4) is 11.5 Å². The topological polar surface area (TPSA) is 72.5 Å². The van der Waals surface area contributed by atoms with Gasteiger partial charge in [0.2, 0.25) is 0 Å². The Bertz CT molecular complexity index is 687. The molecule has 0 spiro atoms. The zero-order valence-corrected chi connectivity index (χ0v) is 15.2. The Hall–Kier alpha value is -2.28. The van der Waals surface area contributed by atoms with Crippen LogP contribution in [-0.2, 0) is 6.42 Å². The molecule has 0 aliphatic rings. The predicted octanol–water partition coefficient (Wildman–Crippen LogP) is 3.07. The molecule has 2 rings (SSSR count). The number of aryl methyl sites for hydroxylation is 1. The van der Waals surface area contributed by atoms with Gasteiger partial charge >= 0.3 is 6.03 Å². The molecule has 0 saturated carbocycles. The van der Waals surface area contributed by atoms with Crippen molar-refractivity contribution in [2.45, 2.75) is 26.3 Å². The fourth-order valence-electron chi connectivity index (χ4n) is 2.28. The molecule has 7 heteroatoms. The molecule has 2 N–H and O–H groups in total. The number of methoxy groups -OCH3 is 2. The minimum atomic E-state index is -0.204. The number of rotatable bonds is 7. The van der Waals surface area contributed by atoms with E-state index in [0.717, 1.165) is 22.7 Å². The molecule has 2 aromatic rings. The number of thiazole rings is 1. The van der Waals surface area contributed by atoms with E-state index in [9.17, 15) is 4.79 Å². The zero-order valence-electron chi connectivity index (χ0n) is 14.4. The van der Waals surface area contributed by atoms with Gasteiger partial charge in [-0.3, -0.25) is 0 Å². The van der Waals surface area contributed by atoms with Gasteiger partial charge in [-0.05, 0) is 31.5 Å². The monoisotopic (exact) mass is 349 g/mol. The molecule has 1 aromatic carbocycles. The summed E-state index contributed by atoms with van der Waals surface area (Å²) in [6, 6.07) is 5.25. The number of carbonyl (C=O) groups excluding carboxylic acids is 1. The maximum Gasteiger partial charge on any atom is 0.315 e. The maximum absolute atomic E-state index is 12.0. The van der Waals surface area contributed by atoms with E-state index in [1.165, 1.54) is 0 Å². The van der Waals surface area contributed by atoms with E-state index in [4.69, 9.17) is 9.47 Å². The first-order valence-electron chi connectivity index (χ1n) is 7.70. The molecule has 1 heterocycles. The highest BCUT2D eigenvalue weighted by atomic mass is 32.1. The third kappa shape index (κ3) is 4.86. The lowest BCUT2D eigenvalue weighted by atomic mass is 10.1. The van der Waals surface area contributed by atoms with Crippen molar-refractivity contribution >= 4 is 17.4 Å². The second kappa shape index (κ2) is 8.54. The Labute approximate surface area is 146 Å². The Balaban J connectivity index is 1.84. The first kappa shape index (κ1) is 18.1. The highest BCUT2D eigenvalue weighted by Crippen LogP contribution is 2.29. The van der Waals surface area contributed by atoms with Crippen molar-refractivity contribution in [3.63, 3.8) is 0 Å². The quantitative estimate of drug-likeness (QED) is 0.806. The van der Waals surface area contributed by atoms with E-state index in [2.05, 4.69) is 15.6 Å². The van der Waals surface area contributed by atoms with Crippen molar-refractivity contribution in [2.24, 2.45) is 0 Å². The van der Waals surface area contributed by atoms with Crippen LogP contribution in [-0.4, -0.2) is 31.8 Å². The number of carbonyl (C=O) groups is 1. The van der Waals surface area contributed by atoms with Gasteiger partial charge in [-0.15, -0.1) is 11.3 Å². The van der Waals surface area contributed by atoms with Crippen molar-refractivity contribution in [3.05, 3.63) is 39.8 Å². The molecular formula is C17H23N3O3S. The molecule has 2 amide bonds. The zero-order chi connectivity index (χ0) is 17.5. The Kier molecular flexibility index (Phi) is 6.43. The summed E-state index contributed by atoms with van der Waals surface area (Å²) in [5.74, 6) is 1.31. The molecule has 0 unspecified atom stereocenters. The third-order valence-corrected chi connectivity index (χ3v) is 4.41. The predicted molar refractivity (Wildman–Crippen MR) is 95.1 cm³/mol. The van der Waals surface area contributed by atoms with Crippen LogP contribution in [0.2, 0.25) is 0 Å². The van der Waals surface area contributed by atoms with Gasteiger partial charge in [-0.25, -0.2) is 9.78 Å². The van der Waals surface area contributed by atoms with Gasteiger partial charge in [0.15, 0.2) is 11.5 Å².